The molecule has 11 nitrogen and oxygen atoms in total. The predicted octanol–water partition coefficient (Wildman–Crippen LogP) is 4.57. The van der Waals surface area contributed by atoms with E-state index in [-0.39, 0.29) is 12.1 Å². The Morgan fingerprint density at radius 1 is 1.20 bits per heavy atom. The van der Waals surface area contributed by atoms with Gasteiger partial charge in [0.05, 0.1) is 23.6 Å². The molecule has 0 radical (unpaired) electrons. The highest BCUT2D eigenvalue weighted by Gasteiger charge is 2.27. The number of likely N-dealkylation sites (tertiary alicyclic amines) is 1. The molecule has 1 atom stereocenters. The smallest absolute Gasteiger partial charge is 0.410 e. The Labute approximate surface area is 234 Å². The number of hydrogen-bond acceptors (Lipinski definition) is 9. The summed E-state index contributed by atoms with van der Waals surface area (Å²) in [4.78, 5) is 27.9. The molecule has 3 aromatic heterocycles. The van der Waals surface area contributed by atoms with Gasteiger partial charge >= 0.3 is 6.09 Å². The van der Waals surface area contributed by atoms with Gasteiger partial charge in [0.15, 0.2) is 0 Å². The fraction of sp³-hybridized carbons (Fsp3) is 0.448. The zero-order valence-corrected chi connectivity index (χ0v) is 23.9. The zero-order chi connectivity index (χ0) is 29.0. The molecule has 1 aliphatic heterocycles. The Bertz CT molecular complexity index is 1470. The lowest BCUT2D eigenvalue weighted by molar-refractivity contribution is 0.0207. The van der Waals surface area contributed by atoms with Crippen LogP contribution in [-0.2, 0) is 4.74 Å². The third-order valence-electron chi connectivity index (χ3n) is 6.57. The van der Waals surface area contributed by atoms with Crippen LogP contribution in [0.1, 0.15) is 76.1 Å². The molecular formula is C29H36N8O3. The number of ether oxygens (including phenoxy) is 2. The topological polar surface area (TPSA) is 143 Å². The molecule has 3 aromatic rings. The first-order valence-electron chi connectivity index (χ1n) is 13.3. The number of hydrazone groups is 1. The zero-order valence-electron chi connectivity index (χ0n) is 23.9. The molecule has 1 amide bonds. The number of amides is 1. The summed E-state index contributed by atoms with van der Waals surface area (Å²) in [6, 6.07) is 9.66. The normalized spacial score (nSPS) is 16.1. The van der Waals surface area contributed by atoms with Crippen LogP contribution in [0, 0.1) is 18.3 Å². The van der Waals surface area contributed by atoms with Crippen molar-refractivity contribution in [3.8, 4) is 11.9 Å². The van der Waals surface area contributed by atoms with Gasteiger partial charge in [0, 0.05) is 30.9 Å². The number of nitriles is 1. The van der Waals surface area contributed by atoms with Gasteiger partial charge in [-0.1, -0.05) is 6.07 Å². The van der Waals surface area contributed by atoms with E-state index in [4.69, 9.17) is 20.3 Å². The van der Waals surface area contributed by atoms with E-state index >= 15 is 0 Å². The van der Waals surface area contributed by atoms with Crippen molar-refractivity contribution >= 4 is 23.2 Å². The quantitative estimate of drug-likeness (QED) is 0.272. The summed E-state index contributed by atoms with van der Waals surface area (Å²) >= 11 is 0. The molecule has 1 fully saturated rings. The van der Waals surface area contributed by atoms with Crippen molar-refractivity contribution in [2.75, 3.05) is 13.1 Å². The molecule has 0 saturated carbocycles. The summed E-state index contributed by atoms with van der Waals surface area (Å²) in [7, 11) is 0. The third kappa shape index (κ3) is 6.57. The predicted molar refractivity (Wildman–Crippen MR) is 153 cm³/mol. The molecule has 0 bridgehead atoms. The number of aromatic nitrogens is 3. The van der Waals surface area contributed by atoms with Gasteiger partial charge in [0.2, 0.25) is 5.88 Å². The Hall–Kier alpha value is -4.46. The summed E-state index contributed by atoms with van der Waals surface area (Å²) in [5.41, 5.74) is 3.95. The first-order chi connectivity index (χ1) is 19.0. The van der Waals surface area contributed by atoms with Crippen LogP contribution in [0.15, 0.2) is 46.8 Å². The average Bonchev–Trinajstić information content (AvgIpc) is 3.32. The number of imidazole rings is 1. The molecule has 4 heterocycles. The molecule has 210 valence electrons. The molecule has 1 aliphatic rings. The van der Waals surface area contributed by atoms with Crippen LogP contribution in [-0.4, -0.2) is 61.5 Å². The Morgan fingerprint density at radius 2 is 1.93 bits per heavy atom. The second-order valence-corrected chi connectivity index (χ2v) is 10.9. The van der Waals surface area contributed by atoms with Crippen molar-refractivity contribution < 1.29 is 14.3 Å². The van der Waals surface area contributed by atoms with Crippen LogP contribution in [0.5, 0.6) is 5.88 Å². The van der Waals surface area contributed by atoms with Gasteiger partial charge < -0.3 is 20.2 Å². The molecule has 4 rings (SSSR count). The lowest BCUT2D eigenvalue weighted by atomic mass is 10.0. The molecule has 0 spiro atoms. The van der Waals surface area contributed by atoms with Gasteiger partial charge in [0.25, 0.3) is 0 Å². The number of carbonyl (C=O) groups excluding carboxylic acids is 1. The van der Waals surface area contributed by atoms with Gasteiger partial charge in [-0.25, -0.2) is 9.78 Å². The maximum absolute atomic E-state index is 12.4. The molecule has 1 unspecified atom stereocenters. The van der Waals surface area contributed by atoms with Crippen LogP contribution >= 0.6 is 0 Å². The Morgan fingerprint density at radius 3 is 2.52 bits per heavy atom. The largest absolute Gasteiger partial charge is 0.469 e. The number of pyridine rings is 2. The van der Waals surface area contributed by atoms with Crippen molar-refractivity contribution in [2.24, 2.45) is 15.9 Å². The third-order valence-corrected chi connectivity index (χ3v) is 6.57. The van der Waals surface area contributed by atoms with E-state index in [1.54, 1.807) is 27.6 Å². The van der Waals surface area contributed by atoms with Crippen molar-refractivity contribution in [1.29, 1.82) is 5.26 Å². The summed E-state index contributed by atoms with van der Waals surface area (Å²) in [6.07, 6.45) is 4.00. The molecule has 2 N–H and O–H groups in total. The number of nitrogens with zero attached hydrogens (tertiary/aromatic N) is 7. The van der Waals surface area contributed by atoms with Crippen LogP contribution in [0.25, 0.3) is 5.65 Å². The highest BCUT2D eigenvalue weighted by atomic mass is 16.6. The summed E-state index contributed by atoms with van der Waals surface area (Å²) in [5, 5.41) is 13.7. The Balaban J connectivity index is 1.57. The highest BCUT2D eigenvalue weighted by Crippen LogP contribution is 2.26. The molecule has 11 heteroatoms. The summed E-state index contributed by atoms with van der Waals surface area (Å²) < 4.78 is 13.5. The lowest BCUT2D eigenvalue weighted by Crippen LogP contribution is -2.42. The van der Waals surface area contributed by atoms with Gasteiger partial charge in [-0.3, -0.25) is 14.4 Å². The standard InChI is InChI=1S/C29H36N8O3/c1-18-7-8-24(32-16-18)20(3)39-26-14-21(13-25-33-17-23(15-30)37(25)26)27(35-31)19(2)34-22-9-11-36(12-10-22)28(38)40-29(4,5)6/h7-8,13-14,16-17,20,22H,9-12,31H2,1-6H3/b34-19?,35-27+. The Kier molecular flexibility index (Phi) is 8.38. The fourth-order valence-electron chi connectivity index (χ4n) is 4.56. The van der Waals surface area contributed by atoms with Crippen molar-refractivity contribution in [3.05, 3.63) is 59.2 Å². The van der Waals surface area contributed by atoms with Gasteiger partial charge in [0.1, 0.15) is 34.8 Å². The first kappa shape index (κ1) is 28.5. The number of aryl methyl sites for hydroxylation is 1. The second kappa shape index (κ2) is 11.7. The number of rotatable bonds is 6. The van der Waals surface area contributed by atoms with Gasteiger partial charge in [-0.15, -0.1) is 0 Å². The highest BCUT2D eigenvalue weighted by molar-refractivity contribution is 6.47. The van der Waals surface area contributed by atoms with Crippen LogP contribution in [0.2, 0.25) is 0 Å². The SMILES string of the molecule is CC(=NC1CCN(C(=O)OC(C)(C)C)CC1)/C(=N\N)c1cc(OC(C)c2ccc(C)cn2)n2c(C#N)cnc2c1. The molecule has 0 aliphatic carbocycles. The molecule has 0 aromatic carbocycles. The maximum atomic E-state index is 12.4. The minimum atomic E-state index is -0.532. The number of piperidine rings is 1. The maximum Gasteiger partial charge on any atom is 0.410 e. The second-order valence-electron chi connectivity index (χ2n) is 10.9. The number of fused-ring (bicyclic) bond motifs is 1. The van der Waals surface area contributed by atoms with Crippen LogP contribution in [0.4, 0.5) is 4.79 Å². The minimum absolute atomic E-state index is 0.0131. The number of carbonyl (C=O) groups is 1. The van der Waals surface area contributed by atoms with E-state index in [0.29, 0.717) is 60.1 Å². The number of hydrogen-bond donors (Lipinski definition) is 1. The molecule has 1 saturated heterocycles. The van der Waals surface area contributed by atoms with E-state index in [1.807, 2.05) is 53.7 Å². The van der Waals surface area contributed by atoms with Gasteiger partial charge in [-0.2, -0.15) is 10.4 Å². The van der Waals surface area contributed by atoms with Crippen LogP contribution in [0.3, 0.4) is 0 Å². The average molecular weight is 545 g/mol. The summed E-state index contributed by atoms with van der Waals surface area (Å²) in [6.45, 7) is 12.4. The van der Waals surface area contributed by atoms with Gasteiger partial charge in [-0.05, 0) is 72.1 Å². The van der Waals surface area contributed by atoms with Crippen molar-refractivity contribution in [3.63, 3.8) is 0 Å². The number of nitrogens with two attached hydrogens (primary N) is 1. The van der Waals surface area contributed by atoms with E-state index in [2.05, 4.69) is 21.1 Å². The van der Waals surface area contributed by atoms with E-state index in [0.717, 1.165) is 11.3 Å². The van der Waals surface area contributed by atoms with Crippen molar-refractivity contribution in [1.82, 2.24) is 19.3 Å². The van der Waals surface area contributed by atoms with E-state index in [1.165, 1.54) is 6.20 Å². The van der Waals surface area contributed by atoms with Crippen LogP contribution < -0.4 is 10.6 Å². The molecular weight excluding hydrogens is 508 g/mol. The fourth-order valence-corrected chi connectivity index (χ4v) is 4.56. The lowest BCUT2D eigenvalue weighted by Gasteiger charge is -2.32. The van der Waals surface area contributed by atoms with Crippen molar-refractivity contribution in [2.45, 2.75) is 72.1 Å². The minimum Gasteiger partial charge on any atom is -0.469 e. The van der Waals surface area contributed by atoms with E-state index in [9.17, 15) is 10.1 Å². The molecule has 40 heavy (non-hydrogen) atoms. The monoisotopic (exact) mass is 544 g/mol. The summed E-state index contributed by atoms with van der Waals surface area (Å²) in [5.74, 6) is 6.28. The first-order valence-corrected chi connectivity index (χ1v) is 13.3. The number of aliphatic imine (C=N–C) groups is 1. The van der Waals surface area contributed by atoms with E-state index < -0.39 is 11.7 Å².